The van der Waals surface area contributed by atoms with E-state index in [9.17, 15) is 9.59 Å². The summed E-state index contributed by atoms with van der Waals surface area (Å²) >= 11 is 0. The molecule has 4 rings (SSSR count). The summed E-state index contributed by atoms with van der Waals surface area (Å²) in [5, 5.41) is 7.42. The summed E-state index contributed by atoms with van der Waals surface area (Å²) in [6.07, 6.45) is 3.62. The number of nitrogens with one attached hydrogen (secondary N) is 1. The van der Waals surface area contributed by atoms with Crippen LogP contribution in [0.1, 0.15) is 28.8 Å². The molecule has 0 unspecified atom stereocenters. The fourth-order valence-corrected chi connectivity index (χ4v) is 2.95. The summed E-state index contributed by atoms with van der Waals surface area (Å²) in [5.74, 6) is -0.840. The minimum atomic E-state index is -0.565. The summed E-state index contributed by atoms with van der Waals surface area (Å²) in [6, 6.07) is 17.6. The van der Waals surface area contributed by atoms with Gasteiger partial charge in [-0.15, -0.1) is 0 Å². The van der Waals surface area contributed by atoms with Gasteiger partial charge in [-0.05, 0) is 38.0 Å². The van der Waals surface area contributed by atoms with Gasteiger partial charge in [-0.2, -0.15) is 5.10 Å². The molecule has 1 heterocycles. The zero-order valence-electron chi connectivity index (χ0n) is 15.6. The number of hydrogen-bond acceptors (Lipinski definition) is 4. The number of aromatic nitrogens is 2. The molecule has 0 saturated heterocycles. The van der Waals surface area contributed by atoms with Crippen molar-refractivity contribution in [3.05, 3.63) is 71.9 Å². The van der Waals surface area contributed by atoms with Gasteiger partial charge in [-0.3, -0.25) is 4.79 Å². The molecule has 1 saturated carbocycles. The highest BCUT2D eigenvalue weighted by molar-refractivity contribution is 5.97. The Morgan fingerprint density at radius 1 is 1.14 bits per heavy atom. The highest BCUT2D eigenvalue weighted by Crippen LogP contribution is 2.25. The normalized spacial score (nSPS) is 13.2. The Kier molecular flexibility index (Phi) is 4.93. The standard InChI is InChI=1S/C22H21N3O3/c1-15-6-5-7-16(12-15)21-19(13-25(24-21)18-8-3-2-4-9-18)22(27)28-14-20(26)23-17-10-11-17/h2-9,12-13,17H,10-11,14H2,1H3,(H,23,26). The molecule has 1 fully saturated rings. The van der Waals surface area contributed by atoms with E-state index in [1.54, 1.807) is 10.9 Å². The molecule has 1 aliphatic rings. The van der Waals surface area contributed by atoms with Crippen molar-refractivity contribution in [1.82, 2.24) is 15.1 Å². The van der Waals surface area contributed by atoms with E-state index in [2.05, 4.69) is 10.4 Å². The van der Waals surface area contributed by atoms with Crippen molar-refractivity contribution in [3.8, 4) is 16.9 Å². The van der Waals surface area contributed by atoms with Gasteiger partial charge in [0.2, 0.25) is 0 Å². The van der Waals surface area contributed by atoms with Gasteiger partial charge in [0.1, 0.15) is 11.3 Å². The molecule has 3 aromatic rings. The van der Waals surface area contributed by atoms with E-state index in [1.165, 1.54) is 0 Å². The van der Waals surface area contributed by atoms with E-state index in [0.29, 0.717) is 11.3 Å². The van der Waals surface area contributed by atoms with Crippen molar-refractivity contribution in [2.75, 3.05) is 6.61 Å². The summed E-state index contributed by atoms with van der Waals surface area (Å²) in [6.45, 7) is 1.69. The van der Waals surface area contributed by atoms with Gasteiger partial charge < -0.3 is 10.1 Å². The highest BCUT2D eigenvalue weighted by Gasteiger charge is 2.25. The smallest absolute Gasteiger partial charge is 0.342 e. The Balaban J connectivity index is 1.62. The number of carbonyl (C=O) groups excluding carboxylic acids is 2. The lowest BCUT2D eigenvalue weighted by Gasteiger charge is -2.06. The van der Waals surface area contributed by atoms with Gasteiger partial charge in [0.25, 0.3) is 5.91 Å². The van der Waals surface area contributed by atoms with Crippen LogP contribution in [-0.2, 0) is 9.53 Å². The molecule has 1 amide bonds. The molecule has 0 bridgehead atoms. The van der Waals surface area contributed by atoms with E-state index >= 15 is 0 Å². The molecule has 1 N–H and O–H groups in total. The first-order chi connectivity index (χ1) is 13.6. The number of aryl methyl sites for hydroxylation is 1. The van der Waals surface area contributed by atoms with Crippen LogP contribution in [0.2, 0.25) is 0 Å². The SMILES string of the molecule is Cc1cccc(-c2nn(-c3ccccc3)cc2C(=O)OCC(=O)NC2CC2)c1. The van der Waals surface area contributed by atoms with Gasteiger partial charge in [0.15, 0.2) is 6.61 Å². The summed E-state index contributed by atoms with van der Waals surface area (Å²) in [4.78, 5) is 24.6. The number of hydrogen-bond donors (Lipinski definition) is 1. The monoisotopic (exact) mass is 375 g/mol. The zero-order chi connectivity index (χ0) is 19.5. The van der Waals surface area contributed by atoms with Crippen LogP contribution in [0, 0.1) is 6.92 Å². The van der Waals surface area contributed by atoms with Gasteiger partial charge in [0, 0.05) is 17.8 Å². The van der Waals surface area contributed by atoms with Crippen molar-refractivity contribution in [2.45, 2.75) is 25.8 Å². The van der Waals surface area contributed by atoms with Crippen molar-refractivity contribution >= 4 is 11.9 Å². The number of benzene rings is 2. The molecule has 6 nitrogen and oxygen atoms in total. The number of para-hydroxylation sites is 1. The second-order valence-electron chi connectivity index (χ2n) is 6.96. The van der Waals surface area contributed by atoms with Crippen molar-refractivity contribution in [2.24, 2.45) is 0 Å². The third-order valence-corrected chi connectivity index (χ3v) is 4.52. The number of ether oxygens (including phenoxy) is 1. The van der Waals surface area contributed by atoms with E-state index in [1.807, 2.05) is 61.5 Å². The Bertz CT molecular complexity index is 1010. The lowest BCUT2D eigenvalue weighted by Crippen LogP contribution is -2.30. The minimum absolute atomic E-state index is 0.231. The molecule has 0 spiro atoms. The maximum atomic E-state index is 12.7. The third kappa shape index (κ3) is 4.11. The molecule has 142 valence electrons. The van der Waals surface area contributed by atoms with Crippen molar-refractivity contribution in [1.29, 1.82) is 0 Å². The summed E-state index contributed by atoms with van der Waals surface area (Å²) in [7, 11) is 0. The highest BCUT2D eigenvalue weighted by atomic mass is 16.5. The molecule has 0 atom stereocenters. The van der Waals surface area contributed by atoms with Crippen molar-refractivity contribution < 1.29 is 14.3 Å². The maximum absolute atomic E-state index is 12.7. The number of nitrogens with zero attached hydrogens (tertiary/aromatic N) is 2. The molecule has 28 heavy (non-hydrogen) atoms. The van der Waals surface area contributed by atoms with Crippen LogP contribution < -0.4 is 5.32 Å². The number of rotatable bonds is 6. The minimum Gasteiger partial charge on any atom is -0.452 e. The van der Waals surface area contributed by atoms with Crippen LogP contribution in [0.4, 0.5) is 0 Å². The van der Waals surface area contributed by atoms with E-state index in [-0.39, 0.29) is 18.6 Å². The number of esters is 1. The molecular formula is C22H21N3O3. The Morgan fingerprint density at radius 2 is 1.93 bits per heavy atom. The zero-order valence-corrected chi connectivity index (χ0v) is 15.6. The average Bonchev–Trinajstić information content (AvgIpc) is 3.40. The first-order valence-electron chi connectivity index (χ1n) is 9.29. The van der Waals surface area contributed by atoms with Gasteiger partial charge in [0.05, 0.1) is 5.69 Å². The Hall–Kier alpha value is -3.41. The van der Waals surface area contributed by atoms with Crippen LogP contribution in [0.3, 0.4) is 0 Å². The quantitative estimate of drug-likeness (QED) is 0.671. The molecule has 0 aliphatic heterocycles. The van der Waals surface area contributed by atoms with Gasteiger partial charge in [-0.25, -0.2) is 9.48 Å². The van der Waals surface area contributed by atoms with Crippen LogP contribution >= 0.6 is 0 Å². The van der Waals surface area contributed by atoms with Gasteiger partial charge >= 0.3 is 5.97 Å². The predicted molar refractivity (Wildman–Crippen MR) is 105 cm³/mol. The summed E-state index contributed by atoms with van der Waals surface area (Å²) in [5.41, 5.74) is 3.58. The average molecular weight is 375 g/mol. The Labute approximate surface area is 163 Å². The lowest BCUT2D eigenvalue weighted by molar-refractivity contribution is -0.124. The second-order valence-corrected chi connectivity index (χ2v) is 6.96. The van der Waals surface area contributed by atoms with Crippen LogP contribution in [0.5, 0.6) is 0 Å². The fourth-order valence-electron chi connectivity index (χ4n) is 2.95. The topological polar surface area (TPSA) is 73.2 Å². The fraction of sp³-hybridized carbons (Fsp3) is 0.227. The van der Waals surface area contributed by atoms with E-state index in [4.69, 9.17) is 4.74 Å². The molecule has 6 heteroatoms. The predicted octanol–water partition coefficient (Wildman–Crippen LogP) is 3.28. The molecule has 1 aliphatic carbocycles. The Morgan fingerprint density at radius 3 is 2.64 bits per heavy atom. The van der Waals surface area contributed by atoms with Crippen LogP contribution in [-0.4, -0.2) is 34.3 Å². The van der Waals surface area contributed by atoms with Crippen molar-refractivity contribution in [3.63, 3.8) is 0 Å². The molecule has 0 radical (unpaired) electrons. The van der Waals surface area contributed by atoms with Crippen LogP contribution in [0.15, 0.2) is 60.8 Å². The van der Waals surface area contributed by atoms with E-state index in [0.717, 1.165) is 29.7 Å². The second kappa shape index (κ2) is 7.68. The first-order valence-corrected chi connectivity index (χ1v) is 9.29. The third-order valence-electron chi connectivity index (χ3n) is 4.52. The largest absolute Gasteiger partial charge is 0.452 e. The number of amides is 1. The molecule has 1 aromatic heterocycles. The number of carbonyl (C=O) groups is 2. The van der Waals surface area contributed by atoms with Gasteiger partial charge in [-0.1, -0.05) is 42.0 Å². The van der Waals surface area contributed by atoms with Crippen LogP contribution in [0.25, 0.3) is 16.9 Å². The molecule has 2 aromatic carbocycles. The first kappa shape index (κ1) is 18.0. The summed E-state index contributed by atoms with van der Waals surface area (Å²) < 4.78 is 6.91. The molecular weight excluding hydrogens is 354 g/mol. The lowest BCUT2D eigenvalue weighted by atomic mass is 10.1. The van der Waals surface area contributed by atoms with E-state index < -0.39 is 5.97 Å². The maximum Gasteiger partial charge on any atom is 0.342 e.